The highest BCUT2D eigenvalue weighted by Gasteiger charge is 2.51. The average molecular weight is 525 g/mol. The topological polar surface area (TPSA) is 76.4 Å². The lowest BCUT2D eigenvalue weighted by molar-refractivity contribution is -0.137. The van der Waals surface area contributed by atoms with Crippen LogP contribution in [0.2, 0.25) is 0 Å². The lowest BCUT2D eigenvalue weighted by Crippen LogP contribution is -2.44. The molecule has 36 heavy (non-hydrogen) atoms. The number of thiocarbonyl (C=S) groups is 1. The fourth-order valence-electron chi connectivity index (χ4n) is 3.94. The van der Waals surface area contributed by atoms with Crippen LogP contribution in [-0.2, 0) is 22.2 Å². The van der Waals surface area contributed by atoms with Crippen LogP contribution in [0, 0.1) is 23.0 Å². The summed E-state index contributed by atoms with van der Waals surface area (Å²) in [6, 6.07) is 6.14. The van der Waals surface area contributed by atoms with Gasteiger partial charge >= 0.3 is 6.18 Å². The maximum absolute atomic E-state index is 14.9. The quantitative estimate of drug-likeness (QED) is 0.432. The summed E-state index contributed by atoms with van der Waals surface area (Å²) in [6.07, 6.45) is -4.10. The molecule has 0 bridgehead atoms. The summed E-state index contributed by atoms with van der Waals surface area (Å²) < 4.78 is 70.1. The molecule has 0 spiro atoms. The van der Waals surface area contributed by atoms with E-state index >= 15 is 0 Å². The van der Waals surface area contributed by atoms with E-state index in [4.69, 9.17) is 17.5 Å². The van der Waals surface area contributed by atoms with Crippen molar-refractivity contribution in [3.63, 3.8) is 0 Å². The number of carbonyl (C=O) groups excluding carboxylic acids is 2. The molecule has 1 heterocycles. The molecule has 1 fully saturated rings. The van der Waals surface area contributed by atoms with Gasteiger partial charge in [-0.15, -0.1) is 0 Å². The molecule has 3 rings (SSSR count). The van der Waals surface area contributed by atoms with Gasteiger partial charge in [0.1, 0.15) is 17.2 Å². The Morgan fingerprint density at radius 3 is 2.39 bits per heavy atom. The van der Waals surface area contributed by atoms with Crippen molar-refractivity contribution in [2.24, 2.45) is 0 Å². The first-order valence-electron chi connectivity index (χ1n) is 10.7. The Morgan fingerprint density at radius 2 is 1.83 bits per heavy atom. The van der Waals surface area contributed by atoms with Crippen LogP contribution in [0.1, 0.15) is 43.4 Å². The van der Waals surface area contributed by atoms with Crippen molar-refractivity contribution < 1.29 is 31.5 Å². The number of rotatable bonds is 6. The molecule has 0 aromatic heterocycles. The zero-order valence-corrected chi connectivity index (χ0v) is 20.3. The second kappa shape index (κ2) is 9.81. The molecule has 2 amide bonds. The van der Waals surface area contributed by atoms with Crippen molar-refractivity contribution >= 4 is 40.5 Å². The lowest BCUT2D eigenvalue weighted by atomic mass is 10.0. The van der Waals surface area contributed by atoms with Gasteiger partial charge in [0.2, 0.25) is 5.91 Å². The minimum atomic E-state index is -4.98. The van der Waals surface area contributed by atoms with E-state index in [-0.39, 0.29) is 29.5 Å². The third-order valence-corrected chi connectivity index (χ3v) is 6.21. The highest BCUT2D eigenvalue weighted by Crippen LogP contribution is 2.41. The van der Waals surface area contributed by atoms with Crippen molar-refractivity contribution in [1.82, 2.24) is 5.32 Å². The Hall–Kier alpha value is -3.59. The number of nitriles is 1. The predicted octanol–water partition coefficient (Wildman–Crippen LogP) is 4.84. The summed E-state index contributed by atoms with van der Waals surface area (Å²) in [5.74, 6) is -2.89. The summed E-state index contributed by atoms with van der Waals surface area (Å²) in [4.78, 5) is 26.4. The molecule has 1 aliphatic heterocycles. The molecule has 1 N–H and O–H groups in total. The lowest BCUT2D eigenvalue weighted by Gasteiger charge is -2.29. The van der Waals surface area contributed by atoms with Crippen molar-refractivity contribution in [2.45, 2.75) is 44.8 Å². The number of carbonyl (C=O) groups is 2. The minimum absolute atomic E-state index is 0.137. The van der Waals surface area contributed by atoms with Crippen LogP contribution in [0.4, 0.5) is 33.3 Å². The number of hydrogen-bond donors (Lipinski definition) is 1. The zero-order valence-electron chi connectivity index (χ0n) is 19.5. The van der Waals surface area contributed by atoms with Gasteiger partial charge in [-0.1, -0.05) is 6.07 Å². The first-order chi connectivity index (χ1) is 16.7. The van der Waals surface area contributed by atoms with E-state index in [0.29, 0.717) is 29.0 Å². The molecule has 12 heteroatoms. The first-order valence-corrected chi connectivity index (χ1v) is 11.1. The van der Waals surface area contributed by atoms with Crippen molar-refractivity contribution in [3.8, 4) is 6.07 Å². The van der Waals surface area contributed by atoms with E-state index in [1.807, 2.05) is 0 Å². The standard InChI is InChI=1S/C24H21F5N4O2S/c1-23(2)21(35)32(19-11-16(24(27,28)29)14(12-30)9-18(19)26)22(36)33(23)15-8-7-13(17(25)10-15)5-4-6-20(34)31-3/h7-11H,4-6H2,1-3H3,(H,31,34). The number of nitrogens with one attached hydrogen (secondary N) is 1. The van der Waals surface area contributed by atoms with E-state index in [0.717, 1.165) is 6.07 Å². The molecule has 1 saturated heterocycles. The Kier molecular flexibility index (Phi) is 7.36. The Bertz CT molecular complexity index is 1290. The Labute approximate surface area is 209 Å². The molecule has 0 unspecified atom stereocenters. The summed E-state index contributed by atoms with van der Waals surface area (Å²) >= 11 is 5.35. The van der Waals surface area contributed by atoms with Crippen LogP contribution in [0.3, 0.4) is 0 Å². The highest BCUT2D eigenvalue weighted by atomic mass is 32.1. The van der Waals surface area contributed by atoms with Crippen LogP contribution >= 0.6 is 12.2 Å². The van der Waals surface area contributed by atoms with Gasteiger partial charge < -0.3 is 10.2 Å². The molecule has 1 aliphatic rings. The number of anilines is 2. The third-order valence-electron chi connectivity index (χ3n) is 5.85. The van der Waals surface area contributed by atoms with Crippen LogP contribution in [0.25, 0.3) is 0 Å². The molecule has 6 nitrogen and oxygen atoms in total. The van der Waals surface area contributed by atoms with Gasteiger partial charge in [-0.2, -0.15) is 18.4 Å². The predicted molar refractivity (Wildman–Crippen MR) is 126 cm³/mol. The average Bonchev–Trinajstić information content (AvgIpc) is 2.97. The zero-order chi connectivity index (χ0) is 27.0. The molecule has 190 valence electrons. The number of halogens is 5. The number of aryl methyl sites for hydroxylation is 1. The van der Waals surface area contributed by atoms with Gasteiger partial charge in [0, 0.05) is 19.2 Å². The molecule has 0 radical (unpaired) electrons. The van der Waals surface area contributed by atoms with E-state index in [1.165, 1.54) is 44.0 Å². The summed E-state index contributed by atoms with van der Waals surface area (Å²) in [5, 5.41) is 11.1. The summed E-state index contributed by atoms with van der Waals surface area (Å²) in [6.45, 7) is 2.84. The van der Waals surface area contributed by atoms with E-state index < -0.39 is 46.1 Å². The fraction of sp³-hybridized carbons (Fsp3) is 0.333. The maximum Gasteiger partial charge on any atom is 0.417 e. The van der Waals surface area contributed by atoms with Gasteiger partial charge in [-0.05, 0) is 68.7 Å². The van der Waals surface area contributed by atoms with Gasteiger partial charge in [0.15, 0.2) is 5.11 Å². The number of nitrogens with zero attached hydrogens (tertiary/aromatic N) is 3. The molecule has 0 atom stereocenters. The number of amides is 2. The second-order valence-corrected chi connectivity index (χ2v) is 8.94. The van der Waals surface area contributed by atoms with Crippen LogP contribution in [0.5, 0.6) is 0 Å². The molecular weight excluding hydrogens is 503 g/mol. The smallest absolute Gasteiger partial charge is 0.359 e. The maximum atomic E-state index is 14.9. The van der Waals surface area contributed by atoms with Crippen LogP contribution < -0.4 is 15.1 Å². The fourth-order valence-corrected chi connectivity index (χ4v) is 4.46. The van der Waals surface area contributed by atoms with Crippen LogP contribution in [0.15, 0.2) is 30.3 Å². The molecule has 0 aliphatic carbocycles. The Balaban J connectivity index is 1.99. The van der Waals surface area contributed by atoms with E-state index in [2.05, 4.69) is 5.32 Å². The minimum Gasteiger partial charge on any atom is -0.359 e. The summed E-state index contributed by atoms with van der Waals surface area (Å²) in [5.41, 5.74) is -4.16. The molecule has 2 aromatic carbocycles. The SMILES string of the molecule is CNC(=O)CCCc1ccc(N2C(=S)N(c3cc(C(F)(F)F)c(C#N)cc3F)C(=O)C2(C)C)cc1F. The molecule has 0 saturated carbocycles. The van der Waals surface area contributed by atoms with Gasteiger partial charge in [-0.25, -0.2) is 8.78 Å². The number of alkyl halides is 3. The van der Waals surface area contributed by atoms with Gasteiger partial charge in [0.05, 0.1) is 22.9 Å². The Morgan fingerprint density at radius 1 is 1.17 bits per heavy atom. The van der Waals surface area contributed by atoms with Crippen LogP contribution in [-0.4, -0.2) is 29.5 Å². The van der Waals surface area contributed by atoms with Crippen molar-refractivity contribution in [3.05, 3.63) is 58.7 Å². The largest absolute Gasteiger partial charge is 0.417 e. The number of hydrogen-bond acceptors (Lipinski definition) is 4. The van der Waals surface area contributed by atoms with Gasteiger partial charge in [0.25, 0.3) is 5.91 Å². The number of benzene rings is 2. The van der Waals surface area contributed by atoms with Gasteiger partial charge in [-0.3, -0.25) is 14.5 Å². The monoisotopic (exact) mass is 524 g/mol. The van der Waals surface area contributed by atoms with Crippen molar-refractivity contribution in [1.29, 1.82) is 5.26 Å². The second-order valence-electron chi connectivity index (χ2n) is 8.58. The highest BCUT2D eigenvalue weighted by molar-refractivity contribution is 7.81. The van der Waals surface area contributed by atoms with Crippen molar-refractivity contribution in [2.75, 3.05) is 16.8 Å². The van der Waals surface area contributed by atoms with E-state index in [9.17, 15) is 31.5 Å². The molecule has 2 aromatic rings. The molecular formula is C24H21F5N4O2S. The van der Waals surface area contributed by atoms with E-state index in [1.54, 1.807) is 0 Å². The normalized spacial score (nSPS) is 15.3. The third kappa shape index (κ3) is 4.88. The summed E-state index contributed by atoms with van der Waals surface area (Å²) in [7, 11) is 1.50. The first kappa shape index (κ1) is 27.0.